The molecule has 0 bridgehead atoms. The second-order valence-corrected chi connectivity index (χ2v) is 5.72. The molecule has 110 valence electrons. The molecule has 0 amide bonds. The van der Waals surface area contributed by atoms with Crippen LogP contribution in [0.2, 0.25) is 5.02 Å². The van der Waals surface area contributed by atoms with E-state index in [0.717, 1.165) is 23.2 Å². The summed E-state index contributed by atoms with van der Waals surface area (Å²) in [6.45, 7) is 0.779. The first-order valence-corrected chi connectivity index (χ1v) is 7.41. The summed E-state index contributed by atoms with van der Waals surface area (Å²) in [6.07, 6.45) is 2.50. The van der Waals surface area contributed by atoms with Crippen molar-refractivity contribution in [3.8, 4) is 16.9 Å². The fraction of sp³-hybridized carbons (Fsp3) is 0.294. The Balaban J connectivity index is 1.81. The van der Waals surface area contributed by atoms with Gasteiger partial charge in [-0.05, 0) is 47.7 Å². The van der Waals surface area contributed by atoms with Crippen LogP contribution in [0.4, 0.5) is 4.39 Å². The molecule has 0 atom stereocenters. The molecule has 21 heavy (non-hydrogen) atoms. The van der Waals surface area contributed by atoms with Gasteiger partial charge in [-0.25, -0.2) is 4.39 Å². The first kappa shape index (κ1) is 14.4. The third kappa shape index (κ3) is 3.36. The van der Waals surface area contributed by atoms with Gasteiger partial charge in [0.1, 0.15) is 0 Å². The summed E-state index contributed by atoms with van der Waals surface area (Å²) in [4.78, 5) is 0. The van der Waals surface area contributed by atoms with Gasteiger partial charge in [-0.1, -0.05) is 29.8 Å². The lowest BCUT2D eigenvalue weighted by Gasteiger charge is -2.09. The molecule has 1 N–H and O–H groups in total. The molecule has 3 rings (SSSR count). The highest BCUT2D eigenvalue weighted by molar-refractivity contribution is 6.31. The lowest BCUT2D eigenvalue weighted by molar-refractivity contribution is 0.386. The van der Waals surface area contributed by atoms with Crippen LogP contribution in [0.15, 0.2) is 36.4 Å². The number of rotatable bonds is 5. The maximum atomic E-state index is 13.8. The Kier molecular flexibility index (Phi) is 4.13. The molecule has 2 aromatic rings. The van der Waals surface area contributed by atoms with Crippen LogP contribution in [0, 0.1) is 5.82 Å². The summed E-state index contributed by atoms with van der Waals surface area (Å²) in [5.74, 6) is -0.124. The lowest BCUT2D eigenvalue weighted by Crippen LogP contribution is -2.15. The minimum absolute atomic E-state index is 0.245. The molecule has 1 aliphatic rings. The van der Waals surface area contributed by atoms with Crippen LogP contribution in [-0.4, -0.2) is 13.2 Å². The summed E-state index contributed by atoms with van der Waals surface area (Å²) < 4.78 is 18.7. The molecule has 0 radical (unpaired) electrons. The van der Waals surface area contributed by atoms with Gasteiger partial charge >= 0.3 is 0 Å². The minimum Gasteiger partial charge on any atom is -0.494 e. The number of benzene rings is 2. The van der Waals surface area contributed by atoms with Crippen LogP contribution < -0.4 is 10.1 Å². The monoisotopic (exact) mass is 305 g/mol. The van der Waals surface area contributed by atoms with Crippen molar-refractivity contribution in [1.82, 2.24) is 5.32 Å². The largest absolute Gasteiger partial charge is 0.494 e. The van der Waals surface area contributed by atoms with E-state index in [-0.39, 0.29) is 11.6 Å². The van der Waals surface area contributed by atoms with E-state index in [1.807, 2.05) is 24.3 Å². The van der Waals surface area contributed by atoms with E-state index in [1.54, 1.807) is 6.07 Å². The van der Waals surface area contributed by atoms with E-state index in [0.29, 0.717) is 11.1 Å². The Labute approximate surface area is 128 Å². The Bertz CT molecular complexity index is 655. The zero-order valence-electron chi connectivity index (χ0n) is 11.8. The van der Waals surface area contributed by atoms with Gasteiger partial charge < -0.3 is 10.1 Å². The van der Waals surface area contributed by atoms with Crippen LogP contribution in [-0.2, 0) is 6.54 Å². The zero-order chi connectivity index (χ0) is 14.8. The summed E-state index contributed by atoms with van der Waals surface area (Å²) in [7, 11) is 1.45. The van der Waals surface area contributed by atoms with E-state index in [2.05, 4.69) is 5.32 Å². The molecule has 0 spiro atoms. The van der Waals surface area contributed by atoms with E-state index in [1.165, 1.54) is 26.0 Å². The van der Waals surface area contributed by atoms with E-state index in [9.17, 15) is 4.39 Å². The van der Waals surface area contributed by atoms with Crippen molar-refractivity contribution in [3.63, 3.8) is 0 Å². The molecule has 4 heteroatoms. The number of ether oxygens (including phenoxy) is 1. The molecular formula is C17H17ClFNO. The minimum atomic E-state index is -0.370. The van der Waals surface area contributed by atoms with Gasteiger partial charge in [0.15, 0.2) is 11.6 Å². The predicted molar refractivity (Wildman–Crippen MR) is 83.3 cm³/mol. The number of halogens is 2. The normalized spacial score (nSPS) is 14.2. The average molecular weight is 306 g/mol. The van der Waals surface area contributed by atoms with Crippen molar-refractivity contribution in [2.45, 2.75) is 25.4 Å². The van der Waals surface area contributed by atoms with Crippen LogP contribution in [0.25, 0.3) is 11.1 Å². The molecule has 2 aromatic carbocycles. The summed E-state index contributed by atoms with van der Waals surface area (Å²) >= 11 is 6.32. The maximum Gasteiger partial charge on any atom is 0.165 e. The topological polar surface area (TPSA) is 21.3 Å². The van der Waals surface area contributed by atoms with E-state index < -0.39 is 0 Å². The molecule has 2 nitrogen and oxygen atoms in total. The second-order valence-electron chi connectivity index (χ2n) is 5.31. The SMILES string of the molecule is COc1ccc(-c2ccc(CNC3CC3)c(Cl)c2)cc1F. The third-order valence-electron chi connectivity index (χ3n) is 3.70. The third-order valence-corrected chi connectivity index (χ3v) is 4.05. The van der Waals surface area contributed by atoms with Crippen LogP contribution in [0.5, 0.6) is 5.75 Å². The standard InChI is InChI=1S/C17H17ClFNO/c1-21-17-7-4-12(9-16(17)19)11-2-3-13(15(18)8-11)10-20-14-5-6-14/h2-4,7-9,14,20H,5-6,10H2,1H3. The predicted octanol–water partition coefficient (Wildman–Crippen LogP) is 4.41. The quantitative estimate of drug-likeness (QED) is 0.883. The first-order chi connectivity index (χ1) is 10.2. The smallest absolute Gasteiger partial charge is 0.165 e. The van der Waals surface area contributed by atoms with Crippen LogP contribution >= 0.6 is 11.6 Å². The summed E-state index contributed by atoms with van der Waals surface area (Å²) in [5.41, 5.74) is 2.76. The van der Waals surface area contributed by atoms with Crippen molar-refractivity contribution in [2.24, 2.45) is 0 Å². The molecule has 1 fully saturated rings. The molecule has 0 saturated heterocycles. The highest BCUT2D eigenvalue weighted by Crippen LogP contribution is 2.29. The van der Waals surface area contributed by atoms with Gasteiger partial charge in [0, 0.05) is 17.6 Å². The highest BCUT2D eigenvalue weighted by atomic mass is 35.5. The van der Waals surface area contributed by atoms with Gasteiger partial charge in [-0.15, -0.1) is 0 Å². The fourth-order valence-electron chi connectivity index (χ4n) is 2.26. The first-order valence-electron chi connectivity index (χ1n) is 7.03. The molecule has 1 aliphatic carbocycles. The van der Waals surface area contributed by atoms with Crippen molar-refractivity contribution in [3.05, 3.63) is 52.8 Å². The van der Waals surface area contributed by atoms with Crippen LogP contribution in [0.3, 0.4) is 0 Å². The highest BCUT2D eigenvalue weighted by Gasteiger charge is 2.20. The summed E-state index contributed by atoms with van der Waals surface area (Å²) in [5, 5.41) is 4.14. The second kappa shape index (κ2) is 6.04. The van der Waals surface area contributed by atoms with Gasteiger partial charge in [0.25, 0.3) is 0 Å². The van der Waals surface area contributed by atoms with Crippen molar-refractivity contribution >= 4 is 11.6 Å². The average Bonchev–Trinajstić information content (AvgIpc) is 3.30. The van der Waals surface area contributed by atoms with Gasteiger partial charge in [-0.3, -0.25) is 0 Å². The van der Waals surface area contributed by atoms with Crippen molar-refractivity contribution in [2.75, 3.05) is 7.11 Å². The molecule has 0 heterocycles. The number of hydrogen-bond donors (Lipinski definition) is 1. The van der Waals surface area contributed by atoms with Crippen LogP contribution in [0.1, 0.15) is 18.4 Å². The number of methoxy groups -OCH3 is 1. The van der Waals surface area contributed by atoms with Crippen molar-refractivity contribution in [1.29, 1.82) is 0 Å². The Hall–Kier alpha value is -1.58. The molecule has 0 unspecified atom stereocenters. The van der Waals surface area contributed by atoms with E-state index >= 15 is 0 Å². The molecule has 0 aromatic heterocycles. The maximum absolute atomic E-state index is 13.8. The number of nitrogens with one attached hydrogen (secondary N) is 1. The van der Waals surface area contributed by atoms with Gasteiger partial charge in [0.2, 0.25) is 0 Å². The van der Waals surface area contributed by atoms with Gasteiger partial charge in [-0.2, -0.15) is 0 Å². The Morgan fingerprint density at radius 1 is 1.19 bits per heavy atom. The number of hydrogen-bond acceptors (Lipinski definition) is 2. The molecular weight excluding hydrogens is 289 g/mol. The summed E-state index contributed by atoms with van der Waals surface area (Å²) in [6, 6.07) is 11.4. The molecule has 0 aliphatic heterocycles. The zero-order valence-corrected chi connectivity index (χ0v) is 12.6. The van der Waals surface area contributed by atoms with E-state index in [4.69, 9.17) is 16.3 Å². The van der Waals surface area contributed by atoms with Crippen molar-refractivity contribution < 1.29 is 9.13 Å². The fourth-order valence-corrected chi connectivity index (χ4v) is 2.51. The Morgan fingerprint density at radius 3 is 2.52 bits per heavy atom. The van der Waals surface area contributed by atoms with Gasteiger partial charge in [0.05, 0.1) is 7.11 Å². The Morgan fingerprint density at radius 2 is 1.90 bits per heavy atom. The molecule has 1 saturated carbocycles. The lowest BCUT2D eigenvalue weighted by atomic mass is 10.0.